The minimum Gasteiger partial charge on any atom is -0.371 e. The summed E-state index contributed by atoms with van der Waals surface area (Å²) in [6, 6.07) is 13.2. The molecule has 0 aromatic carbocycles. The monoisotopic (exact) mass is 570 g/mol. The number of rotatable bonds is 6. The minimum atomic E-state index is -3.47. The van der Waals surface area contributed by atoms with Crippen molar-refractivity contribution in [2.45, 2.75) is 42.9 Å². The molecule has 3 fully saturated rings. The molecule has 7 rings (SSSR count). The van der Waals surface area contributed by atoms with E-state index in [4.69, 9.17) is 14.7 Å². The number of fused-ring (bicyclic) bond motifs is 6. The Balaban J connectivity index is 1.08. The van der Waals surface area contributed by atoms with Gasteiger partial charge in [-0.15, -0.1) is 0 Å². The first kappa shape index (κ1) is 26.0. The van der Waals surface area contributed by atoms with Gasteiger partial charge in [-0.05, 0) is 56.2 Å². The second-order valence-electron chi connectivity index (χ2n) is 11.5. The number of aromatic nitrogens is 4. The zero-order valence-corrected chi connectivity index (χ0v) is 23.6. The highest BCUT2D eigenvalue weighted by molar-refractivity contribution is 7.90. The molecule has 0 spiro atoms. The average Bonchev–Trinajstić information content (AvgIpc) is 3.67. The predicted molar refractivity (Wildman–Crippen MR) is 153 cm³/mol. The van der Waals surface area contributed by atoms with Crippen molar-refractivity contribution in [2.75, 3.05) is 24.2 Å². The molecule has 1 N–H and O–H groups in total. The molecular formula is C30H30N6O4S. The summed E-state index contributed by atoms with van der Waals surface area (Å²) in [5, 5.41) is 3.66. The highest BCUT2D eigenvalue weighted by Crippen LogP contribution is 2.54. The second-order valence-corrected chi connectivity index (χ2v) is 13.5. The van der Waals surface area contributed by atoms with Crippen LogP contribution in [0.3, 0.4) is 0 Å². The van der Waals surface area contributed by atoms with E-state index in [0.717, 1.165) is 60.3 Å². The van der Waals surface area contributed by atoms with Gasteiger partial charge in [0, 0.05) is 55.2 Å². The maximum absolute atomic E-state index is 12.7. The normalized spacial score (nSPS) is 25.0. The number of pyridine rings is 4. The number of hydrogen-bond donors (Lipinski definition) is 1. The molecule has 4 aromatic heterocycles. The van der Waals surface area contributed by atoms with Crippen molar-refractivity contribution in [3.8, 4) is 11.4 Å². The maximum atomic E-state index is 12.7. The molecule has 7 heterocycles. The van der Waals surface area contributed by atoms with Gasteiger partial charge in [-0.2, -0.15) is 0 Å². The summed E-state index contributed by atoms with van der Waals surface area (Å²) < 4.78 is 29.9. The third-order valence-electron chi connectivity index (χ3n) is 8.76. The summed E-state index contributed by atoms with van der Waals surface area (Å²) in [6.45, 7) is 4.36. The Kier molecular flexibility index (Phi) is 6.05. The SMILES string of the molecule is C[C@@]12CC[C@@H](O1)C1CN(c3cccc(-c4ccc5cnc(CNC(=O)c6cncc(S(C)(=O)=O)c6)cc5n4)n3)CC12. The molecule has 2 bridgehead atoms. The van der Waals surface area contributed by atoms with Crippen LogP contribution in [-0.4, -0.2) is 65.3 Å². The highest BCUT2D eigenvalue weighted by atomic mass is 32.2. The smallest absolute Gasteiger partial charge is 0.253 e. The molecule has 0 radical (unpaired) electrons. The first-order valence-corrected chi connectivity index (χ1v) is 15.6. The van der Waals surface area contributed by atoms with Crippen LogP contribution in [0.2, 0.25) is 0 Å². The maximum Gasteiger partial charge on any atom is 0.253 e. The third kappa shape index (κ3) is 4.72. The van der Waals surface area contributed by atoms with E-state index in [9.17, 15) is 13.2 Å². The molecule has 2 unspecified atom stereocenters. The Hall–Kier alpha value is -3.96. The largest absolute Gasteiger partial charge is 0.371 e. The Morgan fingerprint density at radius 2 is 1.95 bits per heavy atom. The molecule has 11 heteroatoms. The Labute approximate surface area is 238 Å². The van der Waals surface area contributed by atoms with Crippen molar-refractivity contribution in [2.24, 2.45) is 11.8 Å². The van der Waals surface area contributed by atoms with Gasteiger partial charge in [0.25, 0.3) is 5.91 Å². The Morgan fingerprint density at radius 3 is 2.78 bits per heavy atom. The molecule has 4 atom stereocenters. The minimum absolute atomic E-state index is 0.00386. The van der Waals surface area contributed by atoms with Crippen molar-refractivity contribution in [3.63, 3.8) is 0 Å². The van der Waals surface area contributed by atoms with Crippen LogP contribution in [0.15, 0.2) is 66.0 Å². The van der Waals surface area contributed by atoms with Crippen LogP contribution in [0.4, 0.5) is 5.82 Å². The molecule has 3 saturated heterocycles. The van der Waals surface area contributed by atoms with E-state index in [0.29, 0.717) is 23.6 Å². The number of sulfone groups is 1. The molecule has 1 amide bonds. The summed E-state index contributed by atoms with van der Waals surface area (Å²) in [7, 11) is -3.47. The van der Waals surface area contributed by atoms with Crippen LogP contribution in [0.5, 0.6) is 0 Å². The number of hydrogen-bond acceptors (Lipinski definition) is 9. The summed E-state index contributed by atoms with van der Waals surface area (Å²) in [6.07, 6.45) is 8.04. The van der Waals surface area contributed by atoms with Gasteiger partial charge in [0.15, 0.2) is 9.84 Å². The summed E-state index contributed by atoms with van der Waals surface area (Å²) in [4.78, 5) is 33.2. The van der Waals surface area contributed by atoms with E-state index < -0.39 is 15.7 Å². The predicted octanol–water partition coefficient (Wildman–Crippen LogP) is 3.42. The fourth-order valence-corrected chi connectivity index (χ4v) is 7.16. The molecule has 3 aliphatic heterocycles. The molecule has 41 heavy (non-hydrogen) atoms. The molecule has 4 aromatic rings. The lowest BCUT2D eigenvalue weighted by molar-refractivity contribution is 0.00663. The van der Waals surface area contributed by atoms with Gasteiger partial charge in [-0.1, -0.05) is 6.07 Å². The van der Waals surface area contributed by atoms with Crippen LogP contribution in [0.1, 0.15) is 35.8 Å². The molecule has 3 aliphatic rings. The van der Waals surface area contributed by atoms with E-state index in [2.05, 4.69) is 33.2 Å². The lowest BCUT2D eigenvalue weighted by atomic mass is 9.75. The fraction of sp³-hybridized carbons (Fsp3) is 0.367. The van der Waals surface area contributed by atoms with E-state index in [1.165, 1.54) is 18.5 Å². The topological polar surface area (TPSA) is 127 Å². The lowest BCUT2D eigenvalue weighted by Crippen LogP contribution is -2.35. The van der Waals surface area contributed by atoms with Gasteiger partial charge in [0.05, 0.1) is 51.3 Å². The zero-order chi connectivity index (χ0) is 28.4. The summed E-state index contributed by atoms with van der Waals surface area (Å²) in [5.74, 6) is 1.66. The second kappa shape index (κ2) is 9.56. The van der Waals surface area contributed by atoms with Gasteiger partial charge in [0.2, 0.25) is 0 Å². The lowest BCUT2D eigenvalue weighted by Gasteiger charge is -2.28. The average molecular weight is 571 g/mol. The van der Waals surface area contributed by atoms with E-state index >= 15 is 0 Å². The molecule has 210 valence electrons. The Bertz CT molecular complexity index is 1800. The number of amides is 1. The molecule has 10 nitrogen and oxygen atoms in total. The van der Waals surface area contributed by atoms with E-state index in [-0.39, 0.29) is 22.6 Å². The van der Waals surface area contributed by atoms with Gasteiger partial charge in [0.1, 0.15) is 5.82 Å². The van der Waals surface area contributed by atoms with Crippen molar-refractivity contribution >= 4 is 32.5 Å². The van der Waals surface area contributed by atoms with Crippen LogP contribution < -0.4 is 10.2 Å². The van der Waals surface area contributed by atoms with Crippen LogP contribution in [-0.2, 0) is 21.1 Å². The number of anilines is 1. The first-order chi connectivity index (χ1) is 19.7. The van der Waals surface area contributed by atoms with E-state index in [1.54, 1.807) is 6.20 Å². The van der Waals surface area contributed by atoms with E-state index in [1.807, 2.05) is 30.3 Å². The van der Waals surface area contributed by atoms with Crippen molar-refractivity contribution in [1.29, 1.82) is 0 Å². The number of carbonyl (C=O) groups excluding carboxylic acids is 1. The van der Waals surface area contributed by atoms with Crippen LogP contribution in [0.25, 0.3) is 22.3 Å². The van der Waals surface area contributed by atoms with Gasteiger partial charge < -0.3 is 15.0 Å². The quantitative estimate of drug-likeness (QED) is 0.371. The van der Waals surface area contributed by atoms with Gasteiger partial charge in [-0.3, -0.25) is 14.8 Å². The summed E-state index contributed by atoms with van der Waals surface area (Å²) in [5.41, 5.74) is 3.10. The highest BCUT2D eigenvalue weighted by Gasteiger charge is 2.59. The molecule has 0 aliphatic carbocycles. The van der Waals surface area contributed by atoms with Crippen molar-refractivity contribution in [1.82, 2.24) is 25.3 Å². The Morgan fingerprint density at radius 1 is 1.10 bits per heavy atom. The van der Waals surface area contributed by atoms with Crippen molar-refractivity contribution < 1.29 is 17.9 Å². The van der Waals surface area contributed by atoms with Crippen molar-refractivity contribution in [3.05, 3.63) is 72.3 Å². The van der Waals surface area contributed by atoms with Crippen LogP contribution >= 0.6 is 0 Å². The standard InChI is InChI=1S/C30H30N6O4S/c1-30-9-8-27(40-30)22-16-36(17-23(22)30)28-5-3-4-24(35-28)25-7-6-18-13-32-20(11-26(18)34-25)14-33-29(37)19-10-21(15-31-12-19)41(2,38)39/h3-7,10-13,15,22-23,27H,8-9,14,16-17H2,1-2H3,(H,33,37)/t22?,23?,27-,30+/m1/s1. The molecular weight excluding hydrogens is 540 g/mol. The molecule has 0 saturated carbocycles. The van der Waals surface area contributed by atoms with Gasteiger partial charge in [-0.25, -0.2) is 18.4 Å². The number of nitrogens with one attached hydrogen (secondary N) is 1. The third-order valence-corrected chi connectivity index (χ3v) is 9.84. The zero-order valence-electron chi connectivity index (χ0n) is 22.8. The number of carbonyl (C=O) groups is 1. The first-order valence-electron chi connectivity index (χ1n) is 13.8. The summed E-state index contributed by atoms with van der Waals surface area (Å²) >= 11 is 0. The van der Waals surface area contributed by atoms with Gasteiger partial charge >= 0.3 is 0 Å². The number of nitrogens with zero attached hydrogens (tertiary/aromatic N) is 5. The number of ether oxygens (including phenoxy) is 1. The van der Waals surface area contributed by atoms with Crippen LogP contribution in [0, 0.1) is 11.8 Å². The fourth-order valence-electron chi connectivity index (χ4n) is 6.56.